The third kappa shape index (κ3) is 5.19. The number of hydrogen-bond donors (Lipinski definition) is 3. The molecule has 0 saturated heterocycles. The summed E-state index contributed by atoms with van der Waals surface area (Å²) in [6.07, 6.45) is 1.96. The lowest BCUT2D eigenvalue weighted by Crippen LogP contribution is -2.12. The standard InChI is InChI=1S/C24H23N5O4/c1-13(30)19-7-6-17(23(26)31)11-15(19)4-5-16-8-14(10-20(32-2)21(16)33-3)9-18-12-28-24(27)29-22(18)25/h6-8,10-12H,9H2,1-3H3,(H2,26,31)(H4,25,27,28,29). The molecular weight excluding hydrogens is 422 g/mol. The third-order valence-corrected chi connectivity index (χ3v) is 4.87. The number of amides is 1. The third-order valence-electron chi connectivity index (χ3n) is 4.87. The average molecular weight is 445 g/mol. The van der Waals surface area contributed by atoms with E-state index in [9.17, 15) is 9.59 Å². The van der Waals surface area contributed by atoms with Crippen LogP contribution in [0, 0.1) is 11.8 Å². The second kappa shape index (κ2) is 9.70. The van der Waals surface area contributed by atoms with Crippen molar-refractivity contribution in [1.82, 2.24) is 9.97 Å². The summed E-state index contributed by atoms with van der Waals surface area (Å²) in [5, 5.41) is 0. The molecule has 0 aliphatic rings. The maximum atomic E-state index is 12.0. The lowest BCUT2D eigenvalue weighted by molar-refractivity contribution is 0.0993. The van der Waals surface area contributed by atoms with Crippen molar-refractivity contribution in [2.75, 3.05) is 25.7 Å². The van der Waals surface area contributed by atoms with E-state index in [0.29, 0.717) is 40.2 Å². The van der Waals surface area contributed by atoms with Crippen molar-refractivity contribution in [2.24, 2.45) is 5.73 Å². The Morgan fingerprint density at radius 3 is 2.36 bits per heavy atom. The molecule has 1 amide bonds. The molecule has 0 spiro atoms. The van der Waals surface area contributed by atoms with Crippen molar-refractivity contribution >= 4 is 23.5 Å². The van der Waals surface area contributed by atoms with Gasteiger partial charge in [-0.05, 0) is 42.8 Å². The predicted molar refractivity (Wildman–Crippen MR) is 124 cm³/mol. The van der Waals surface area contributed by atoms with Gasteiger partial charge in [-0.15, -0.1) is 0 Å². The van der Waals surface area contributed by atoms with Crippen LogP contribution in [0.4, 0.5) is 11.8 Å². The molecule has 0 aliphatic carbocycles. The molecule has 3 aromatic rings. The van der Waals surface area contributed by atoms with Crippen LogP contribution < -0.4 is 26.7 Å². The fourth-order valence-electron chi connectivity index (χ4n) is 3.25. The SMILES string of the molecule is COc1cc(Cc2cnc(N)nc2N)cc(C#Cc2cc(C(N)=O)ccc2C(C)=O)c1OC. The first-order valence-corrected chi connectivity index (χ1v) is 9.82. The van der Waals surface area contributed by atoms with Crippen LogP contribution in [0.3, 0.4) is 0 Å². The van der Waals surface area contributed by atoms with E-state index in [1.54, 1.807) is 12.3 Å². The summed E-state index contributed by atoms with van der Waals surface area (Å²) < 4.78 is 11.0. The Bertz CT molecular complexity index is 1310. The molecule has 1 aromatic heterocycles. The Hall–Kier alpha value is -4.58. The fraction of sp³-hybridized carbons (Fsp3) is 0.167. The van der Waals surface area contributed by atoms with Crippen molar-refractivity contribution in [3.63, 3.8) is 0 Å². The molecule has 0 bridgehead atoms. The van der Waals surface area contributed by atoms with E-state index in [1.165, 1.54) is 39.3 Å². The molecule has 0 fully saturated rings. The summed E-state index contributed by atoms with van der Waals surface area (Å²) in [6, 6.07) is 8.13. The van der Waals surface area contributed by atoms with Crippen LogP contribution in [0.25, 0.3) is 0 Å². The number of ether oxygens (including phenoxy) is 2. The van der Waals surface area contributed by atoms with E-state index in [1.807, 2.05) is 6.07 Å². The van der Waals surface area contributed by atoms with Gasteiger partial charge in [0, 0.05) is 34.9 Å². The van der Waals surface area contributed by atoms with Crippen molar-refractivity contribution in [3.8, 4) is 23.3 Å². The molecule has 0 aliphatic heterocycles. The first-order chi connectivity index (χ1) is 15.7. The van der Waals surface area contributed by atoms with Gasteiger partial charge in [0.15, 0.2) is 17.3 Å². The number of ketones is 1. The van der Waals surface area contributed by atoms with Gasteiger partial charge in [-0.25, -0.2) is 4.98 Å². The van der Waals surface area contributed by atoms with Gasteiger partial charge in [-0.1, -0.05) is 11.8 Å². The molecule has 0 unspecified atom stereocenters. The highest BCUT2D eigenvalue weighted by Gasteiger charge is 2.14. The maximum absolute atomic E-state index is 12.0. The lowest BCUT2D eigenvalue weighted by atomic mass is 9.99. The molecule has 6 N–H and O–H groups in total. The van der Waals surface area contributed by atoms with Crippen LogP contribution in [0.1, 0.15) is 49.9 Å². The van der Waals surface area contributed by atoms with Crippen molar-refractivity contribution < 1.29 is 19.1 Å². The van der Waals surface area contributed by atoms with Crippen LogP contribution >= 0.6 is 0 Å². The number of carbonyl (C=O) groups is 2. The number of aromatic nitrogens is 2. The Labute approximate surface area is 190 Å². The normalized spacial score (nSPS) is 10.2. The molecule has 2 aromatic carbocycles. The number of nitrogens with zero attached hydrogens (tertiary/aromatic N) is 2. The van der Waals surface area contributed by atoms with Crippen molar-refractivity contribution in [3.05, 3.63) is 69.9 Å². The second-order valence-corrected chi connectivity index (χ2v) is 7.13. The summed E-state index contributed by atoms with van der Waals surface area (Å²) in [5.41, 5.74) is 19.9. The maximum Gasteiger partial charge on any atom is 0.248 e. The lowest BCUT2D eigenvalue weighted by Gasteiger charge is -2.13. The van der Waals surface area contributed by atoms with Gasteiger partial charge in [0.25, 0.3) is 0 Å². The Morgan fingerprint density at radius 1 is 1.03 bits per heavy atom. The van der Waals surface area contributed by atoms with E-state index in [-0.39, 0.29) is 23.1 Å². The number of nitrogens with two attached hydrogens (primary N) is 3. The zero-order valence-corrected chi connectivity index (χ0v) is 18.4. The first-order valence-electron chi connectivity index (χ1n) is 9.82. The number of carbonyl (C=O) groups excluding carboxylic acids is 2. The van der Waals surface area contributed by atoms with Gasteiger partial charge < -0.3 is 26.7 Å². The number of primary amides is 1. The Morgan fingerprint density at radius 2 is 1.76 bits per heavy atom. The smallest absolute Gasteiger partial charge is 0.248 e. The quantitative estimate of drug-likeness (QED) is 0.384. The number of benzene rings is 2. The number of rotatable bonds is 6. The van der Waals surface area contributed by atoms with Crippen molar-refractivity contribution in [1.29, 1.82) is 0 Å². The highest BCUT2D eigenvalue weighted by atomic mass is 16.5. The molecule has 9 nitrogen and oxygen atoms in total. The highest BCUT2D eigenvalue weighted by molar-refractivity contribution is 5.99. The van der Waals surface area contributed by atoms with Crippen LogP contribution in [0.5, 0.6) is 11.5 Å². The predicted octanol–water partition coefficient (Wildman–Crippen LogP) is 1.95. The molecule has 33 heavy (non-hydrogen) atoms. The van der Waals surface area contributed by atoms with Gasteiger partial charge in [-0.3, -0.25) is 9.59 Å². The molecule has 9 heteroatoms. The van der Waals surface area contributed by atoms with E-state index in [0.717, 1.165) is 5.56 Å². The highest BCUT2D eigenvalue weighted by Crippen LogP contribution is 2.33. The van der Waals surface area contributed by atoms with Crippen LogP contribution in [0.15, 0.2) is 36.5 Å². The van der Waals surface area contributed by atoms with Gasteiger partial charge in [-0.2, -0.15) is 4.98 Å². The van der Waals surface area contributed by atoms with Gasteiger partial charge in [0.05, 0.1) is 19.8 Å². The number of nitrogen functional groups attached to an aromatic ring is 2. The van der Waals surface area contributed by atoms with E-state index >= 15 is 0 Å². The molecule has 0 saturated carbocycles. The van der Waals surface area contributed by atoms with Crippen LogP contribution in [0.2, 0.25) is 0 Å². The molecule has 1 heterocycles. The minimum absolute atomic E-state index is 0.0922. The minimum Gasteiger partial charge on any atom is -0.493 e. The van der Waals surface area contributed by atoms with Gasteiger partial charge in [0.1, 0.15) is 5.82 Å². The summed E-state index contributed by atoms with van der Waals surface area (Å²) in [5.74, 6) is 6.44. The van der Waals surface area contributed by atoms with Gasteiger partial charge >= 0.3 is 0 Å². The number of anilines is 2. The summed E-state index contributed by atoms with van der Waals surface area (Å²) in [7, 11) is 3.02. The number of hydrogen-bond acceptors (Lipinski definition) is 8. The summed E-state index contributed by atoms with van der Waals surface area (Å²) >= 11 is 0. The summed E-state index contributed by atoms with van der Waals surface area (Å²) in [6.45, 7) is 1.42. The minimum atomic E-state index is -0.613. The average Bonchev–Trinajstić information content (AvgIpc) is 2.78. The largest absolute Gasteiger partial charge is 0.493 e. The second-order valence-electron chi connectivity index (χ2n) is 7.13. The molecule has 0 atom stereocenters. The fourth-order valence-corrected chi connectivity index (χ4v) is 3.25. The number of methoxy groups -OCH3 is 2. The number of Topliss-reactive ketones (excluding diaryl/α,β-unsaturated/α-hetero) is 1. The van der Waals surface area contributed by atoms with Crippen LogP contribution in [-0.2, 0) is 6.42 Å². The van der Waals surface area contributed by atoms with E-state index in [4.69, 9.17) is 26.7 Å². The molecule has 168 valence electrons. The van der Waals surface area contributed by atoms with Crippen LogP contribution in [-0.4, -0.2) is 35.9 Å². The first kappa shape index (κ1) is 23.1. The topological polar surface area (TPSA) is 156 Å². The monoisotopic (exact) mass is 445 g/mol. The molecule has 0 radical (unpaired) electrons. The van der Waals surface area contributed by atoms with Gasteiger partial charge in [0.2, 0.25) is 11.9 Å². The van der Waals surface area contributed by atoms with Crippen molar-refractivity contribution in [2.45, 2.75) is 13.3 Å². The Kier molecular flexibility index (Phi) is 6.79. The zero-order valence-electron chi connectivity index (χ0n) is 18.4. The molecular formula is C24H23N5O4. The zero-order chi connectivity index (χ0) is 24.1. The van der Waals surface area contributed by atoms with E-state index < -0.39 is 5.91 Å². The summed E-state index contributed by atoms with van der Waals surface area (Å²) in [4.78, 5) is 31.6. The Balaban J connectivity index is 2.11. The van der Waals surface area contributed by atoms with E-state index in [2.05, 4.69) is 21.8 Å². The molecule has 3 rings (SSSR count).